The second-order valence-corrected chi connectivity index (χ2v) is 4.74. The van der Waals surface area contributed by atoms with Gasteiger partial charge in [-0.15, -0.1) is 0 Å². The fraction of sp³-hybridized carbons (Fsp3) is 0.444. The third kappa shape index (κ3) is 3.06. The van der Waals surface area contributed by atoms with E-state index < -0.39 is 5.60 Å². The Hall–Kier alpha value is -1.92. The Morgan fingerprint density at radius 2 is 2.28 bits per heavy atom. The second-order valence-electron chi connectivity index (χ2n) is 3.98. The molecule has 0 amide bonds. The number of thiocyanates is 1. The maximum atomic E-state index is 10.3. The summed E-state index contributed by atoms with van der Waals surface area (Å²) < 4.78 is 3.03. The highest BCUT2D eigenvalue weighted by Gasteiger charge is 2.24. The Morgan fingerprint density at radius 1 is 1.44 bits per heavy atom. The van der Waals surface area contributed by atoms with Crippen LogP contribution in [-0.2, 0) is 13.1 Å². The molecule has 0 fully saturated rings. The maximum Gasteiger partial charge on any atom is 0.200 e. The summed E-state index contributed by atoms with van der Waals surface area (Å²) in [6.07, 6.45) is 4.29. The van der Waals surface area contributed by atoms with Crippen LogP contribution in [-0.4, -0.2) is 40.2 Å². The molecule has 0 aliphatic heterocycles. The Balaban J connectivity index is 2.07. The number of hydrogen-bond acceptors (Lipinski definition) is 7. The third-order valence-electron chi connectivity index (χ3n) is 2.18. The molecule has 0 saturated heterocycles. The quantitative estimate of drug-likeness (QED) is 0.594. The van der Waals surface area contributed by atoms with E-state index in [1.807, 2.05) is 5.40 Å². The first kappa shape index (κ1) is 12.5. The highest BCUT2D eigenvalue weighted by atomic mass is 32.2. The fourth-order valence-corrected chi connectivity index (χ4v) is 1.92. The lowest BCUT2D eigenvalue weighted by molar-refractivity contribution is 0.0154. The summed E-state index contributed by atoms with van der Waals surface area (Å²) in [7, 11) is 0. The Kier molecular flexibility index (Phi) is 3.59. The van der Waals surface area contributed by atoms with Crippen molar-refractivity contribution in [3.05, 3.63) is 19.0 Å². The van der Waals surface area contributed by atoms with Crippen LogP contribution in [0.3, 0.4) is 0 Å². The molecule has 2 aromatic heterocycles. The number of nitrogens with zero attached hydrogens (tertiary/aromatic N) is 7. The first-order chi connectivity index (χ1) is 8.61. The van der Waals surface area contributed by atoms with Crippen LogP contribution in [0.2, 0.25) is 0 Å². The fourth-order valence-electron chi connectivity index (χ4n) is 1.52. The van der Waals surface area contributed by atoms with Gasteiger partial charge in [-0.05, 0) is 6.92 Å². The molecule has 18 heavy (non-hydrogen) atoms. The number of rotatable bonds is 5. The van der Waals surface area contributed by atoms with Gasteiger partial charge in [0.05, 0.1) is 13.1 Å². The normalized spacial score (nSPS) is 14.1. The van der Waals surface area contributed by atoms with Crippen molar-refractivity contribution in [1.29, 1.82) is 5.26 Å². The van der Waals surface area contributed by atoms with E-state index in [-0.39, 0.29) is 13.1 Å². The molecule has 0 bridgehead atoms. The van der Waals surface area contributed by atoms with Gasteiger partial charge in [-0.3, -0.25) is 4.68 Å². The SMILES string of the molecule is CC(O)(Cn1cncn1)Cn1ncnc1SC#N. The summed E-state index contributed by atoms with van der Waals surface area (Å²) in [5.41, 5.74) is -1.06. The number of hydrogen-bond donors (Lipinski definition) is 1. The van der Waals surface area contributed by atoms with Gasteiger partial charge >= 0.3 is 0 Å². The molecule has 0 aromatic carbocycles. The lowest BCUT2D eigenvalue weighted by atomic mass is 10.1. The molecule has 0 aliphatic carbocycles. The maximum absolute atomic E-state index is 10.3. The van der Waals surface area contributed by atoms with Crippen LogP contribution >= 0.6 is 11.8 Å². The summed E-state index contributed by atoms with van der Waals surface area (Å²) in [4.78, 5) is 7.74. The molecule has 8 nitrogen and oxygen atoms in total. The van der Waals surface area contributed by atoms with Crippen LogP contribution < -0.4 is 0 Å². The van der Waals surface area contributed by atoms with Crippen molar-refractivity contribution in [1.82, 2.24) is 29.5 Å². The van der Waals surface area contributed by atoms with Gasteiger partial charge in [0, 0.05) is 11.8 Å². The van der Waals surface area contributed by atoms with E-state index in [9.17, 15) is 5.11 Å². The number of aromatic nitrogens is 6. The topological polar surface area (TPSA) is 105 Å². The number of nitriles is 1. The van der Waals surface area contributed by atoms with Crippen molar-refractivity contribution in [2.24, 2.45) is 0 Å². The van der Waals surface area contributed by atoms with Crippen molar-refractivity contribution < 1.29 is 5.11 Å². The molecule has 0 spiro atoms. The zero-order valence-corrected chi connectivity index (χ0v) is 10.4. The second kappa shape index (κ2) is 5.16. The molecular formula is C9H11N7OS. The van der Waals surface area contributed by atoms with E-state index in [2.05, 4.69) is 20.2 Å². The van der Waals surface area contributed by atoms with Crippen molar-refractivity contribution in [3.8, 4) is 5.40 Å². The first-order valence-corrected chi connectivity index (χ1v) is 5.91. The van der Waals surface area contributed by atoms with Gasteiger partial charge in [-0.1, -0.05) is 0 Å². The monoisotopic (exact) mass is 265 g/mol. The van der Waals surface area contributed by atoms with Crippen LogP contribution in [0.5, 0.6) is 0 Å². The molecule has 1 unspecified atom stereocenters. The molecule has 0 saturated carbocycles. The van der Waals surface area contributed by atoms with Crippen molar-refractivity contribution >= 4 is 11.8 Å². The molecule has 1 N–H and O–H groups in total. The van der Waals surface area contributed by atoms with Crippen molar-refractivity contribution in [2.45, 2.75) is 30.8 Å². The molecule has 2 heterocycles. The highest BCUT2D eigenvalue weighted by molar-refractivity contribution is 8.03. The molecule has 2 aromatic rings. The minimum Gasteiger partial charge on any atom is -0.386 e. The first-order valence-electron chi connectivity index (χ1n) is 5.09. The van der Waals surface area contributed by atoms with Crippen LogP contribution in [0.25, 0.3) is 0 Å². The molecular weight excluding hydrogens is 254 g/mol. The van der Waals surface area contributed by atoms with Gasteiger partial charge in [0.25, 0.3) is 0 Å². The summed E-state index contributed by atoms with van der Waals surface area (Å²) in [6, 6.07) is 0. The minimum absolute atomic E-state index is 0.219. The van der Waals surface area contributed by atoms with Gasteiger partial charge in [0.1, 0.15) is 30.0 Å². The smallest absolute Gasteiger partial charge is 0.200 e. The van der Waals surface area contributed by atoms with Crippen molar-refractivity contribution in [3.63, 3.8) is 0 Å². The largest absolute Gasteiger partial charge is 0.386 e. The summed E-state index contributed by atoms with van der Waals surface area (Å²) >= 11 is 0.906. The summed E-state index contributed by atoms with van der Waals surface area (Å²) in [5, 5.41) is 29.2. The van der Waals surface area contributed by atoms with E-state index in [4.69, 9.17) is 5.26 Å². The van der Waals surface area contributed by atoms with Crippen LogP contribution in [0.4, 0.5) is 0 Å². The third-order valence-corrected chi connectivity index (χ3v) is 2.77. The van der Waals surface area contributed by atoms with Gasteiger partial charge in [-0.2, -0.15) is 15.5 Å². The average Bonchev–Trinajstić information content (AvgIpc) is 2.91. The van der Waals surface area contributed by atoms with E-state index in [1.165, 1.54) is 28.3 Å². The number of aliphatic hydroxyl groups is 1. The average molecular weight is 265 g/mol. The van der Waals surface area contributed by atoms with E-state index in [0.717, 1.165) is 11.8 Å². The lowest BCUT2D eigenvalue weighted by Crippen LogP contribution is -2.36. The van der Waals surface area contributed by atoms with Gasteiger partial charge < -0.3 is 5.11 Å². The van der Waals surface area contributed by atoms with Gasteiger partial charge in [-0.25, -0.2) is 14.6 Å². The summed E-state index contributed by atoms with van der Waals surface area (Å²) in [5.74, 6) is 0. The van der Waals surface area contributed by atoms with Gasteiger partial charge in [0.2, 0.25) is 5.16 Å². The molecule has 0 radical (unpaired) electrons. The Bertz CT molecular complexity index is 542. The van der Waals surface area contributed by atoms with Gasteiger partial charge in [0.15, 0.2) is 0 Å². The van der Waals surface area contributed by atoms with E-state index in [1.54, 1.807) is 6.92 Å². The number of thioether (sulfide) groups is 1. The summed E-state index contributed by atoms with van der Waals surface area (Å²) in [6.45, 7) is 2.16. The Morgan fingerprint density at radius 3 is 2.94 bits per heavy atom. The van der Waals surface area contributed by atoms with Crippen molar-refractivity contribution in [2.75, 3.05) is 0 Å². The Labute approximate surface area is 107 Å². The molecule has 2 rings (SSSR count). The zero-order chi connectivity index (χ0) is 13.0. The van der Waals surface area contributed by atoms with Crippen LogP contribution in [0.15, 0.2) is 24.1 Å². The van der Waals surface area contributed by atoms with Crippen LogP contribution in [0, 0.1) is 10.7 Å². The van der Waals surface area contributed by atoms with Crippen LogP contribution in [0.1, 0.15) is 6.92 Å². The zero-order valence-electron chi connectivity index (χ0n) is 9.63. The van der Waals surface area contributed by atoms with E-state index >= 15 is 0 Å². The molecule has 0 aliphatic rings. The minimum atomic E-state index is -1.06. The standard InChI is InChI=1S/C9H11N7OS/c1-9(17,2-15-7-11-5-13-15)3-16-8(18-4-10)12-6-14-16/h5-7,17H,2-3H2,1H3. The lowest BCUT2D eigenvalue weighted by Gasteiger charge is -2.22. The predicted octanol–water partition coefficient (Wildman–Crippen LogP) is -0.106. The molecule has 1 atom stereocenters. The molecule has 9 heteroatoms. The van der Waals surface area contributed by atoms with E-state index in [0.29, 0.717) is 5.16 Å². The predicted molar refractivity (Wildman–Crippen MR) is 62.1 cm³/mol. The highest BCUT2D eigenvalue weighted by Crippen LogP contribution is 2.16. The molecule has 94 valence electrons.